The number of hydrogen-bond acceptors (Lipinski definition) is 4. The van der Waals surface area contributed by atoms with Gasteiger partial charge in [0.25, 0.3) is 0 Å². The molecular weight excluding hydrogens is 300 g/mol. The van der Waals surface area contributed by atoms with Gasteiger partial charge in [-0.25, -0.2) is 8.42 Å². The molecule has 0 aromatic heterocycles. The quantitative estimate of drug-likeness (QED) is 0.921. The third-order valence-corrected chi connectivity index (χ3v) is 4.82. The number of anilines is 1. The second-order valence-corrected chi connectivity index (χ2v) is 8.95. The monoisotopic (exact) mass is 324 g/mol. The van der Waals surface area contributed by atoms with Gasteiger partial charge < -0.3 is 10.2 Å². The SMILES string of the molecule is CC(C)(C)NC(=O)C1CCN(c2ccc(S(C)(=O)=O)cc2)C1. The average molecular weight is 324 g/mol. The van der Waals surface area contributed by atoms with Crippen LogP contribution in [0.25, 0.3) is 0 Å². The van der Waals surface area contributed by atoms with Crippen molar-refractivity contribution in [2.75, 3.05) is 24.2 Å². The van der Waals surface area contributed by atoms with Gasteiger partial charge >= 0.3 is 0 Å². The topological polar surface area (TPSA) is 66.5 Å². The number of nitrogens with one attached hydrogen (secondary N) is 1. The van der Waals surface area contributed by atoms with Gasteiger partial charge in [-0.15, -0.1) is 0 Å². The fourth-order valence-corrected chi connectivity index (χ4v) is 3.22. The van der Waals surface area contributed by atoms with Gasteiger partial charge in [0.15, 0.2) is 9.84 Å². The summed E-state index contributed by atoms with van der Waals surface area (Å²) < 4.78 is 22.9. The first-order valence-electron chi connectivity index (χ1n) is 7.43. The maximum absolute atomic E-state index is 12.2. The van der Waals surface area contributed by atoms with Crippen LogP contribution in [0.1, 0.15) is 27.2 Å². The lowest BCUT2D eigenvalue weighted by molar-refractivity contribution is -0.125. The minimum atomic E-state index is -3.17. The summed E-state index contributed by atoms with van der Waals surface area (Å²) in [6.07, 6.45) is 2.01. The van der Waals surface area contributed by atoms with Crippen LogP contribution in [-0.2, 0) is 14.6 Å². The van der Waals surface area contributed by atoms with E-state index in [1.54, 1.807) is 24.3 Å². The van der Waals surface area contributed by atoms with E-state index in [9.17, 15) is 13.2 Å². The van der Waals surface area contributed by atoms with Crippen LogP contribution < -0.4 is 10.2 Å². The van der Waals surface area contributed by atoms with E-state index in [4.69, 9.17) is 0 Å². The van der Waals surface area contributed by atoms with E-state index in [0.717, 1.165) is 18.7 Å². The average Bonchev–Trinajstić information content (AvgIpc) is 2.85. The molecule has 0 spiro atoms. The van der Waals surface area contributed by atoms with Gasteiger partial charge in [-0.3, -0.25) is 4.79 Å². The zero-order chi connectivity index (χ0) is 16.5. The van der Waals surface area contributed by atoms with Gasteiger partial charge in [0.2, 0.25) is 5.91 Å². The molecule has 0 bridgehead atoms. The van der Waals surface area contributed by atoms with E-state index >= 15 is 0 Å². The summed E-state index contributed by atoms with van der Waals surface area (Å²) in [6, 6.07) is 6.85. The Morgan fingerprint density at radius 2 is 1.82 bits per heavy atom. The Morgan fingerprint density at radius 3 is 2.32 bits per heavy atom. The van der Waals surface area contributed by atoms with E-state index < -0.39 is 9.84 Å². The Balaban J connectivity index is 2.03. The largest absolute Gasteiger partial charge is 0.371 e. The molecule has 1 aliphatic rings. The predicted molar refractivity (Wildman–Crippen MR) is 87.8 cm³/mol. The van der Waals surface area contributed by atoms with Gasteiger partial charge in [0.05, 0.1) is 10.8 Å². The normalized spacial score (nSPS) is 19.3. The Morgan fingerprint density at radius 1 is 1.23 bits per heavy atom. The second-order valence-electron chi connectivity index (χ2n) is 6.94. The Hall–Kier alpha value is -1.56. The van der Waals surface area contributed by atoms with Gasteiger partial charge in [0, 0.05) is 30.6 Å². The van der Waals surface area contributed by atoms with Crippen LogP contribution in [0, 0.1) is 5.92 Å². The molecule has 1 N–H and O–H groups in total. The van der Waals surface area contributed by atoms with Crippen molar-refractivity contribution >= 4 is 21.4 Å². The molecule has 1 aliphatic heterocycles. The summed E-state index contributed by atoms with van der Waals surface area (Å²) in [4.78, 5) is 14.6. The molecule has 6 heteroatoms. The molecule has 1 unspecified atom stereocenters. The minimum Gasteiger partial charge on any atom is -0.371 e. The van der Waals surface area contributed by atoms with E-state index in [2.05, 4.69) is 10.2 Å². The minimum absolute atomic E-state index is 0.0196. The molecule has 122 valence electrons. The fraction of sp³-hybridized carbons (Fsp3) is 0.562. The number of carbonyl (C=O) groups excluding carboxylic acids is 1. The molecule has 1 aromatic rings. The summed E-state index contributed by atoms with van der Waals surface area (Å²) in [5.41, 5.74) is 0.736. The number of carbonyl (C=O) groups is 1. The van der Waals surface area contributed by atoms with Crippen LogP contribution in [0.5, 0.6) is 0 Å². The first kappa shape index (κ1) is 16.8. The third-order valence-electron chi connectivity index (χ3n) is 3.69. The highest BCUT2D eigenvalue weighted by Crippen LogP contribution is 2.25. The zero-order valence-corrected chi connectivity index (χ0v) is 14.4. The highest BCUT2D eigenvalue weighted by atomic mass is 32.2. The van der Waals surface area contributed by atoms with Crippen molar-refractivity contribution < 1.29 is 13.2 Å². The molecule has 5 nitrogen and oxygen atoms in total. The van der Waals surface area contributed by atoms with Crippen LogP contribution >= 0.6 is 0 Å². The number of benzene rings is 1. The third kappa shape index (κ3) is 4.22. The molecule has 2 rings (SSSR count). The molecule has 1 fully saturated rings. The van der Waals surface area contributed by atoms with E-state index in [-0.39, 0.29) is 17.4 Å². The lowest BCUT2D eigenvalue weighted by Gasteiger charge is -2.23. The smallest absolute Gasteiger partial charge is 0.225 e. The van der Waals surface area contributed by atoms with Crippen LogP contribution in [0.4, 0.5) is 5.69 Å². The summed E-state index contributed by atoms with van der Waals surface area (Å²) in [6.45, 7) is 7.39. The van der Waals surface area contributed by atoms with Crippen molar-refractivity contribution in [2.45, 2.75) is 37.6 Å². The molecule has 1 heterocycles. The van der Waals surface area contributed by atoms with Crippen LogP contribution in [0.3, 0.4) is 0 Å². The number of hydrogen-bond donors (Lipinski definition) is 1. The number of sulfone groups is 1. The molecule has 1 saturated heterocycles. The molecule has 1 atom stereocenters. The standard InChI is InChI=1S/C16H24N2O3S/c1-16(2,3)17-15(19)12-9-10-18(11-12)13-5-7-14(8-6-13)22(4,20)21/h5-8,12H,9-11H2,1-4H3,(H,17,19). The lowest BCUT2D eigenvalue weighted by Crippen LogP contribution is -2.44. The second kappa shape index (κ2) is 5.91. The molecular formula is C16H24N2O3S. The van der Waals surface area contributed by atoms with E-state index in [0.29, 0.717) is 11.4 Å². The van der Waals surface area contributed by atoms with Crippen molar-refractivity contribution in [3.05, 3.63) is 24.3 Å². The fourth-order valence-electron chi connectivity index (χ4n) is 2.58. The summed E-state index contributed by atoms with van der Waals surface area (Å²) in [7, 11) is -3.17. The summed E-state index contributed by atoms with van der Waals surface area (Å²) in [5.74, 6) is 0.0663. The zero-order valence-electron chi connectivity index (χ0n) is 13.6. The lowest BCUT2D eigenvalue weighted by atomic mass is 10.0. The van der Waals surface area contributed by atoms with Crippen LogP contribution in [-0.4, -0.2) is 39.2 Å². The highest BCUT2D eigenvalue weighted by Gasteiger charge is 2.30. The Labute approximate surface area is 132 Å². The molecule has 0 radical (unpaired) electrons. The van der Waals surface area contributed by atoms with Crippen molar-refractivity contribution in [1.29, 1.82) is 0 Å². The summed E-state index contributed by atoms with van der Waals surface area (Å²) in [5, 5.41) is 3.02. The molecule has 22 heavy (non-hydrogen) atoms. The summed E-state index contributed by atoms with van der Waals surface area (Å²) >= 11 is 0. The van der Waals surface area contributed by atoms with Crippen molar-refractivity contribution in [3.8, 4) is 0 Å². The van der Waals surface area contributed by atoms with Crippen molar-refractivity contribution in [1.82, 2.24) is 5.32 Å². The van der Waals surface area contributed by atoms with Crippen LogP contribution in [0.15, 0.2) is 29.2 Å². The first-order chi connectivity index (χ1) is 10.1. The number of nitrogens with zero attached hydrogens (tertiary/aromatic N) is 1. The number of amides is 1. The van der Waals surface area contributed by atoms with Gasteiger partial charge in [0.1, 0.15) is 0 Å². The molecule has 0 aliphatic carbocycles. The Bertz CT molecular complexity index is 645. The number of rotatable bonds is 3. The van der Waals surface area contributed by atoms with Crippen molar-refractivity contribution in [3.63, 3.8) is 0 Å². The Kier molecular flexibility index (Phi) is 4.52. The maximum Gasteiger partial charge on any atom is 0.225 e. The maximum atomic E-state index is 12.2. The molecule has 1 aromatic carbocycles. The van der Waals surface area contributed by atoms with Crippen molar-refractivity contribution in [2.24, 2.45) is 5.92 Å². The first-order valence-corrected chi connectivity index (χ1v) is 9.32. The van der Waals surface area contributed by atoms with E-state index in [1.165, 1.54) is 6.26 Å². The van der Waals surface area contributed by atoms with E-state index in [1.807, 2.05) is 20.8 Å². The van der Waals surface area contributed by atoms with Gasteiger partial charge in [-0.1, -0.05) is 0 Å². The highest BCUT2D eigenvalue weighted by molar-refractivity contribution is 7.90. The predicted octanol–water partition coefficient (Wildman–Crippen LogP) is 1.83. The van der Waals surface area contributed by atoms with Gasteiger partial charge in [-0.2, -0.15) is 0 Å². The molecule has 1 amide bonds. The van der Waals surface area contributed by atoms with Gasteiger partial charge in [-0.05, 0) is 51.5 Å². The molecule has 0 saturated carbocycles. The van der Waals surface area contributed by atoms with Crippen LogP contribution in [0.2, 0.25) is 0 Å².